The molecule has 3 heterocycles. The van der Waals surface area contributed by atoms with E-state index in [4.69, 9.17) is 11.6 Å². The fourth-order valence-corrected chi connectivity index (χ4v) is 3.92. The number of likely N-dealkylation sites (tertiary alicyclic amines) is 1. The predicted octanol–water partition coefficient (Wildman–Crippen LogP) is 3.50. The van der Waals surface area contributed by atoms with Crippen molar-refractivity contribution < 1.29 is 4.79 Å². The number of nitrogens with zero attached hydrogens (tertiary/aromatic N) is 4. The van der Waals surface area contributed by atoms with Crippen LogP contribution in [-0.4, -0.2) is 51.5 Å². The second-order valence-electron chi connectivity index (χ2n) is 7.20. The van der Waals surface area contributed by atoms with E-state index >= 15 is 0 Å². The summed E-state index contributed by atoms with van der Waals surface area (Å²) in [5.74, 6) is 0.622. The van der Waals surface area contributed by atoms with Gasteiger partial charge in [-0.2, -0.15) is 0 Å². The van der Waals surface area contributed by atoms with E-state index in [2.05, 4.69) is 20.2 Å². The molecule has 1 aromatic carbocycles. The second-order valence-corrected chi connectivity index (χ2v) is 7.61. The molecule has 2 aromatic heterocycles. The van der Waals surface area contributed by atoms with Gasteiger partial charge in [-0.1, -0.05) is 23.7 Å². The lowest BCUT2D eigenvalue weighted by Gasteiger charge is -2.14. The molecule has 0 aliphatic carbocycles. The number of aryl methyl sites for hydroxylation is 1. The third kappa shape index (κ3) is 3.88. The van der Waals surface area contributed by atoms with Gasteiger partial charge in [0.1, 0.15) is 11.3 Å². The monoisotopic (exact) mass is 397 g/mol. The highest BCUT2D eigenvalue weighted by Gasteiger charge is 2.16. The Balaban J connectivity index is 1.46. The van der Waals surface area contributed by atoms with Gasteiger partial charge in [-0.25, -0.2) is 9.97 Å². The Morgan fingerprint density at radius 1 is 1.25 bits per heavy atom. The third-order valence-corrected chi connectivity index (χ3v) is 5.55. The smallest absolute Gasteiger partial charge is 0.252 e. The molecule has 0 saturated carbocycles. The van der Waals surface area contributed by atoms with E-state index in [1.165, 1.54) is 25.9 Å². The Morgan fingerprint density at radius 3 is 2.82 bits per heavy atom. The first-order valence-electron chi connectivity index (χ1n) is 9.71. The maximum Gasteiger partial charge on any atom is 0.252 e. The fraction of sp³-hybridized carbons (Fsp3) is 0.381. The molecular formula is C21H24ClN5O. The van der Waals surface area contributed by atoms with Crippen LogP contribution >= 0.6 is 11.6 Å². The van der Waals surface area contributed by atoms with E-state index in [9.17, 15) is 4.79 Å². The zero-order valence-corrected chi connectivity index (χ0v) is 16.7. The topological polar surface area (TPSA) is 63.1 Å². The van der Waals surface area contributed by atoms with Crippen molar-refractivity contribution in [3.8, 4) is 11.4 Å². The minimum atomic E-state index is -0.110. The lowest BCUT2D eigenvalue weighted by Crippen LogP contribution is -2.28. The quantitative estimate of drug-likeness (QED) is 0.646. The van der Waals surface area contributed by atoms with Gasteiger partial charge in [0.25, 0.3) is 5.91 Å². The van der Waals surface area contributed by atoms with Crippen molar-refractivity contribution in [3.63, 3.8) is 0 Å². The summed E-state index contributed by atoms with van der Waals surface area (Å²) in [6.07, 6.45) is 5.15. The zero-order chi connectivity index (χ0) is 19.5. The third-order valence-electron chi connectivity index (χ3n) is 5.22. The maximum absolute atomic E-state index is 12.5. The number of hydrogen-bond acceptors (Lipinski definition) is 4. The van der Waals surface area contributed by atoms with Crippen molar-refractivity contribution in [2.75, 3.05) is 26.2 Å². The van der Waals surface area contributed by atoms with E-state index in [0.717, 1.165) is 30.0 Å². The van der Waals surface area contributed by atoms with Crippen molar-refractivity contribution in [1.82, 2.24) is 24.8 Å². The van der Waals surface area contributed by atoms with E-state index in [1.54, 1.807) is 12.3 Å². The summed E-state index contributed by atoms with van der Waals surface area (Å²) in [6, 6.07) is 9.37. The van der Waals surface area contributed by atoms with Crippen LogP contribution in [-0.2, 0) is 7.05 Å². The number of imidazole rings is 1. The van der Waals surface area contributed by atoms with Crippen LogP contribution in [0.3, 0.4) is 0 Å². The minimum absolute atomic E-state index is 0.110. The van der Waals surface area contributed by atoms with Crippen molar-refractivity contribution in [2.24, 2.45) is 7.05 Å². The molecule has 1 amide bonds. The number of rotatable bonds is 6. The lowest BCUT2D eigenvalue weighted by atomic mass is 10.2. The Bertz CT molecular complexity index is 994. The maximum atomic E-state index is 12.5. The molecular weight excluding hydrogens is 374 g/mol. The number of aromatic nitrogens is 3. The molecule has 0 bridgehead atoms. The van der Waals surface area contributed by atoms with Crippen molar-refractivity contribution in [1.29, 1.82) is 0 Å². The lowest BCUT2D eigenvalue weighted by molar-refractivity contribution is 0.0952. The van der Waals surface area contributed by atoms with Gasteiger partial charge >= 0.3 is 0 Å². The molecule has 1 aliphatic rings. The van der Waals surface area contributed by atoms with Crippen LogP contribution in [0.5, 0.6) is 0 Å². The Labute approximate surface area is 169 Å². The summed E-state index contributed by atoms with van der Waals surface area (Å²) >= 11 is 6.32. The summed E-state index contributed by atoms with van der Waals surface area (Å²) < 4.78 is 1.90. The molecule has 7 heteroatoms. The summed E-state index contributed by atoms with van der Waals surface area (Å²) in [6.45, 7) is 4.07. The second kappa shape index (κ2) is 8.29. The molecule has 0 spiro atoms. The van der Waals surface area contributed by atoms with E-state index in [1.807, 2.05) is 35.9 Å². The molecule has 0 unspecified atom stereocenters. The molecule has 6 nitrogen and oxygen atoms in total. The highest BCUT2D eigenvalue weighted by molar-refractivity contribution is 6.33. The van der Waals surface area contributed by atoms with E-state index < -0.39 is 0 Å². The molecule has 0 atom stereocenters. The van der Waals surface area contributed by atoms with Crippen LogP contribution in [0.2, 0.25) is 5.02 Å². The molecule has 1 saturated heterocycles. The van der Waals surface area contributed by atoms with Gasteiger partial charge < -0.3 is 14.8 Å². The zero-order valence-electron chi connectivity index (χ0n) is 16.0. The van der Waals surface area contributed by atoms with Gasteiger partial charge in [-0.05, 0) is 57.1 Å². The van der Waals surface area contributed by atoms with Crippen LogP contribution in [0.25, 0.3) is 22.6 Å². The standard InChI is InChI=1S/C21H24ClN5O/c1-26-19(16-7-2-3-8-17(16)22)25-18-13-15(14-24-20(18)26)21(28)23-9-6-12-27-10-4-5-11-27/h2-3,7-8,13-14H,4-6,9-12H2,1H3,(H,23,28). The van der Waals surface area contributed by atoms with Gasteiger partial charge in [-0.15, -0.1) is 0 Å². The van der Waals surface area contributed by atoms with Gasteiger partial charge in [-0.3, -0.25) is 4.79 Å². The number of hydrogen-bond donors (Lipinski definition) is 1. The molecule has 1 aliphatic heterocycles. The molecule has 0 radical (unpaired) electrons. The largest absolute Gasteiger partial charge is 0.352 e. The molecule has 1 N–H and O–H groups in total. The Hall–Kier alpha value is -2.44. The van der Waals surface area contributed by atoms with Crippen molar-refractivity contribution in [3.05, 3.63) is 47.1 Å². The number of benzene rings is 1. The summed E-state index contributed by atoms with van der Waals surface area (Å²) in [5, 5.41) is 3.62. The average molecular weight is 398 g/mol. The minimum Gasteiger partial charge on any atom is -0.352 e. The molecule has 1 fully saturated rings. The van der Waals surface area contributed by atoms with Crippen LogP contribution in [0.15, 0.2) is 36.5 Å². The number of fused-ring (bicyclic) bond motifs is 1. The number of halogens is 1. The number of pyridine rings is 1. The number of amides is 1. The van der Waals surface area contributed by atoms with E-state index in [0.29, 0.717) is 22.6 Å². The van der Waals surface area contributed by atoms with Crippen LogP contribution in [0.1, 0.15) is 29.6 Å². The van der Waals surface area contributed by atoms with Gasteiger partial charge in [0.15, 0.2) is 5.65 Å². The molecule has 28 heavy (non-hydrogen) atoms. The van der Waals surface area contributed by atoms with Crippen molar-refractivity contribution >= 4 is 28.7 Å². The highest BCUT2D eigenvalue weighted by Crippen LogP contribution is 2.28. The molecule has 3 aromatic rings. The number of carbonyl (C=O) groups is 1. The first-order chi connectivity index (χ1) is 13.6. The molecule has 4 rings (SSSR count). The first kappa shape index (κ1) is 18.9. The van der Waals surface area contributed by atoms with Gasteiger partial charge in [0, 0.05) is 25.4 Å². The van der Waals surface area contributed by atoms with E-state index in [-0.39, 0.29) is 5.91 Å². The van der Waals surface area contributed by atoms with Gasteiger partial charge in [0.2, 0.25) is 0 Å². The summed E-state index contributed by atoms with van der Waals surface area (Å²) in [7, 11) is 1.90. The summed E-state index contributed by atoms with van der Waals surface area (Å²) in [4.78, 5) is 24.0. The number of nitrogens with one attached hydrogen (secondary N) is 1. The highest BCUT2D eigenvalue weighted by atomic mass is 35.5. The van der Waals surface area contributed by atoms with Crippen LogP contribution in [0.4, 0.5) is 0 Å². The SMILES string of the molecule is Cn1c(-c2ccccc2Cl)nc2cc(C(=O)NCCCN3CCCC3)cnc21. The van der Waals surface area contributed by atoms with Gasteiger partial charge in [0.05, 0.1) is 10.6 Å². The Morgan fingerprint density at radius 2 is 2.04 bits per heavy atom. The number of carbonyl (C=O) groups excluding carboxylic acids is 1. The summed E-state index contributed by atoms with van der Waals surface area (Å²) in [5.41, 5.74) is 2.78. The van der Waals surface area contributed by atoms with Crippen LogP contribution in [0, 0.1) is 0 Å². The normalized spacial score (nSPS) is 14.6. The van der Waals surface area contributed by atoms with Crippen LogP contribution < -0.4 is 5.32 Å². The van der Waals surface area contributed by atoms with Crippen molar-refractivity contribution in [2.45, 2.75) is 19.3 Å². The fourth-order valence-electron chi connectivity index (χ4n) is 3.70. The molecule has 146 valence electrons. The Kier molecular flexibility index (Phi) is 5.59. The first-order valence-corrected chi connectivity index (χ1v) is 10.1. The predicted molar refractivity (Wildman–Crippen MR) is 112 cm³/mol. The average Bonchev–Trinajstić information content (AvgIpc) is 3.33.